The normalized spacial score (nSPS) is 18.8. The van der Waals surface area contributed by atoms with Crippen LogP contribution in [0.1, 0.15) is 11.5 Å². The molecule has 1 atom stereocenters. The first-order valence-corrected chi connectivity index (χ1v) is 8.31. The van der Waals surface area contributed by atoms with Crippen LogP contribution in [0.15, 0.2) is 28.9 Å². The molecule has 1 saturated heterocycles. The second-order valence-corrected chi connectivity index (χ2v) is 6.24. The maximum Gasteiger partial charge on any atom is 0.309 e. The first-order valence-electron chi connectivity index (χ1n) is 8.31. The Bertz CT molecular complexity index is 719. The molecule has 0 aliphatic carbocycles. The van der Waals surface area contributed by atoms with Gasteiger partial charge in [-0.3, -0.25) is 9.69 Å². The van der Waals surface area contributed by atoms with E-state index in [4.69, 9.17) is 4.42 Å². The molecule has 1 fully saturated rings. The lowest BCUT2D eigenvalue weighted by Crippen LogP contribution is -2.35. The third kappa shape index (κ3) is 4.27. The number of rotatable bonds is 5. The van der Waals surface area contributed by atoms with Crippen molar-refractivity contribution in [1.82, 2.24) is 14.9 Å². The molecule has 1 aliphatic rings. The Morgan fingerprint density at radius 3 is 2.92 bits per heavy atom. The highest BCUT2D eigenvalue weighted by molar-refractivity contribution is 5.71. The fourth-order valence-electron chi connectivity index (χ4n) is 3.01. The average molecular weight is 345 g/mol. The molecule has 0 aromatic carbocycles. The zero-order chi connectivity index (χ0) is 17.8. The van der Waals surface area contributed by atoms with Gasteiger partial charge in [-0.2, -0.15) is 4.98 Å². The number of aromatic nitrogens is 2. The second-order valence-electron chi connectivity index (χ2n) is 6.24. The number of nitrogens with zero attached hydrogens (tertiary/aromatic N) is 4. The molecular formula is C17H23N5O3. The maximum absolute atomic E-state index is 11.7. The second kappa shape index (κ2) is 7.52. The van der Waals surface area contributed by atoms with Crippen molar-refractivity contribution in [2.45, 2.75) is 13.5 Å². The number of carboxylic acids is 1. The van der Waals surface area contributed by atoms with E-state index in [0.29, 0.717) is 32.1 Å². The van der Waals surface area contributed by atoms with Crippen LogP contribution in [0.25, 0.3) is 0 Å². The maximum atomic E-state index is 11.7. The van der Waals surface area contributed by atoms with Crippen molar-refractivity contribution < 1.29 is 14.3 Å². The van der Waals surface area contributed by atoms with Crippen LogP contribution in [0.3, 0.4) is 0 Å². The summed E-state index contributed by atoms with van der Waals surface area (Å²) < 4.78 is 5.39. The van der Waals surface area contributed by atoms with Crippen molar-refractivity contribution in [3.05, 3.63) is 35.9 Å². The molecule has 2 aromatic rings. The van der Waals surface area contributed by atoms with Crippen molar-refractivity contribution in [2.24, 2.45) is 5.92 Å². The number of carboxylic acid groups (broad SMARTS) is 1. The van der Waals surface area contributed by atoms with Crippen LogP contribution < -0.4 is 10.2 Å². The predicted octanol–water partition coefficient (Wildman–Crippen LogP) is 1.44. The number of furan rings is 1. The monoisotopic (exact) mass is 345 g/mol. The van der Waals surface area contributed by atoms with E-state index >= 15 is 0 Å². The molecule has 3 rings (SSSR count). The topological polar surface area (TPSA) is 94.7 Å². The zero-order valence-corrected chi connectivity index (χ0v) is 14.5. The summed E-state index contributed by atoms with van der Waals surface area (Å²) in [6, 6.07) is 5.61. The molecule has 2 N–H and O–H groups in total. The fraction of sp³-hybridized carbons (Fsp3) is 0.471. The molecule has 0 spiro atoms. The number of aryl methyl sites for hydroxylation is 1. The smallest absolute Gasteiger partial charge is 0.309 e. The van der Waals surface area contributed by atoms with Gasteiger partial charge in [-0.1, -0.05) is 0 Å². The summed E-state index contributed by atoms with van der Waals surface area (Å²) in [5.41, 5.74) is 0.845. The van der Waals surface area contributed by atoms with Crippen LogP contribution in [0.2, 0.25) is 0 Å². The van der Waals surface area contributed by atoms with E-state index in [9.17, 15) is 9.90 Å². The van der Waals surface area contributed by atoms with Crippen molar-refractivity contribution in [3.8, 4) is 0 Å². The number of nitrogens with one attached hydrogen (secondary N) is 1. The summed E-state index contributed by atoms with van der Waals surface area (Å²) in [7, 11) is 1.80. The highest BCUT2D eigenvalue weighted by atomic mass is 16.4. The SMILES string of the molecule is CNc1cc(C)nc(N2CCN(Cc3ccco3)C[C@H](C(=O)O)C2)n1. The van der Waals surface area contributed by atoms with Gasteiger partial charge >= 0.3 is 5.97 Å². The third-order valence-electron chi connectivity index (χ3n) is 4.30. The van der Waals surface area contributed by atoms with Crippen LogP contribution in [0.5, 0.6) is 0 Å². The van der Waals surface area contributed by atoms with E-state index < -0.39 is 11.9 Å². The van der Waals surface area contributed by atoms with E-state index in [0.717, 1.165) is 23.8 Å². The van der Waals surface area contributed by atoms with E-state index in [1.807, 2.05) is 30.0 Å². The van der Waals surface area contributed by atoms with Crippen LogP contribution in [0, 0.1) is 12.8 Å². The van der Waals surface area contributed by atoms with Gasteiger partial charge in [-0.25, -0.2) is 4.98 Å². The van der Waals surface area contributed by atoms with Crippen LogP contribution in [-0.2, 0) is 11.3 Å². The third-order valence-corrected chi connectivity index (χ3v) is 4.30. The Kier molecular flexibility index (Phi) is 5.18. The van der Waals surface area contributed by atoms with Crippen LogP contribution >= 0.6 is 0 Å². The molecular weight excluding hydrogens is 322 g/mol. The Balaban J connectivity index is 1.79. The van der Waals surface area contributed by atoms with Gasteiger partial charge in [-0.15, -0.1) is 0 Å². The summed E-state index contributed by atoms with van der Waals surface area (Å²) in [6.07, 6.45) is 1.63. The fourth-order valence-corrected chi connectivity index (χ4v) is 3.01. The van der Waals surface area contributed by atoms with Crippen molar-refractivity contribution in [3.63, 3.8) is 0 Å². The molecule has 0 unspecified atom stereocenters. The molecule has 25 heavy (non-hydrogen) atoms. The highest BCUT2D eigenvalue weighted by Crippen LogP contribution is 2.19. The molecule has 1 aliphatic heterocycles. The predicted molar refractivity (Wildman–Crippen MR) is 93.6 cm³/mol. The Hall–Kier alpha value is -2.61. The van der Waals surface area contributed by atoms with Gasteiger partial charge in [-0.05, 0) is 19.1 Å². The van der Waals surface area contributed by atoms with E-state index in [2.05, 4.69) is 20.2 Å². The van der Waals surface area contributed by atoms with Gasteiger partial charge in [0.1, 0.15) is 11.6 Å². The van der Waals surface area contributed by atoms with Gasteiger partial charge < -0.3 is 19.7 Å². The lowest BCUT2D eigenvalue weighted by atomic mass is 10.1. The van der Waals surface area contributed by atoms with Crippen molar-refractivity contribution >= 4 is 17.7 Å². The standard InChI is InChI=1S/C17H23N5O3/c1-12-8-15(18-2)20-17(19-12)22-6-5-21(9-13(10-22)16(23)24)11-14-4-3-7-25-14/h3-4,7-8,13H,5-6,9-11H2,1-2H3,(H,23,24)(H,18,19,20)/t13-/m0/s1. The van der Waals surface area contributed by atoms with Gasteiger partial charge in [0.05, 0.1) is 18.7 Å². The van der Waals surface area contributed by atoms with Crippen molar-refractivity contribution in [2.75, 3.05) is 43.4 Å². The Labute approximate surface area is 146 Å². The summed E-state index contributed by atoms with van der Waals surface area (Å²) in [6.45, 7) is 4.74. The first kappa shape index (κ1) is 17.2. The molecule has 0 amide bonds. The first-order chi connectivity index (χ1) is 12.0. The quantitative estimate of drug-likeness (QED) is 0.841. The Morgan fingerprint density at radius 1 is 1.40 bits per heavy atom. The molecule has 0 saturated carbocycles. The minimum Gasteiger partial charge on any atom is -0.481 e. The summed E-state index contributed by atoms with van der Waals surface area (Å²) in [5.74, 6) is 0.806. The van der Waals surface area contributed by atoms with E-state index in [1.165, 1.54) is 0 Å². The largest absolute Gasteiger partial charge is 0.481 e. The van der Waals surface area contributed by atoms with Crippen LogP contribution in [-0.4, -0.2) is 59.2 Å². The number of hydrogen-bond donors (Lipinski definition) is 2. The highest BCUT2D eigenvalue weighted by Gasteiger charge is 2.29. The number of carbonyl (C=O) groups is 1. The lowest BCUT2D eigenvalue weighted by molar-refractivity contribution is -0.141. The van der Waals surface area contributed by atoms with Crippen molar-refractivity contribution in [1.29, 1.82) is 0 Å². The molecule has 8 heteroatoms. The summed E-state index contributed by atoms with van der Waals surface area (Å²) in [4.78, 5) is 24.7. The zero-order valence-electron chi connectivity index (χ0n) is 14.5. The minimum absolute atomic E-state index is 0.386. The van der Waals surface area contributed by atoms with Gasteiger partial charge in [0.25, 0.3) is 0 Å². The van der Waals surface area contributed by atoms with E-state index in [-0.39, 0.29) is 0 Å². The summed E-state index contributed by atoms with van der Waals surface area (Å²) >= 11 is 0. The number of anilines is 2. The van der Waals surface area contributed by atoms with Gasteiger partial charge in [0.15, 0.2) is 0 Å². The Morgan fingerprint density at radius 2 is 2.24 bits per heavy atom. The lowest BCUT2D eigenvalue weighted by Gasteiger charge is -2.22. The van der Waals surface area contributed by atoms with Crippen LogP contribution in [0.4, 0.5) is 11.8 Å². The molecule has 0 radical (unpaired) electrons. The summed E-state index contributed by atoms with van der Waals surface area (Å²) in [5, 5.41) is 12.6. The molecule has 0 bridgehead atoms. The number of hydrogen-bond acceptors (Lipinski definition) is 7. The minimum atomic E-state index is -0.808. The molecule has 134 valence electrons. The van der Waals surface area contributed by atoms with E-state index in [1.54, 1.807) is 13.3 Å². The number of aliphatic carboxylic acids is 1. The average Bonchev–Trinajstić information content (AvgIpc) is 2.99. The van der Waals surface area contributed by atoms with Gasteiger partial charge in [0, 0.05) is 45.0 Å². The van der Waals surface area contributed by atoms with Gasteiger partial charge in [0.2, 0.25) is 5.95 Å². The molecule has 2 aromatic heterocycles. The molecule has 8 nitrogen and oxygen atoms in total. The molecule has 3 heterocycles.